The van der Waals surface area contributed by atoms with E-state index in [-0.39, 0.29) is 0 Å². The van der Waals surface area contributed by atoms with E-state index in [1.54, 1.807) is 0 Å². The van der Waals surface area contributed by atoms with Crippen molar-refractivity contribution in [3.05, 3.63) is 22.5 Å². The summed E-state index contributed by atoms with van der Waals surface area (Å²) in [5, 5.41) is 8.01. The van der Waals surface area contributed by atoms with Gasteiger partial charge in [0.1, 0.15) is 16.1 Å². The summed E-state index contributed by atoms with van der Waals surface area (Å²) in [4.78, 5) is 2.46. The SMILES string of the molecule is N#Cc1c(S(=O)(=O)Cl)cnc(Cl)c1C(F)F. The Kier molecular flexibility index (Phi) is 3.68. The number of aromatic nitrogens is 1. The van der Waals surface area contributed by atoms with Crippen molar-refractivity contribution >= 4 is 31.3 Å². The van der Waals surface area contributed by atoms with Crippen molar-refractivity contribution in [2.45, 2.75) is 11.3 Å². The van der Waals surface area contributed by atoms with Crippen LogP contribution in [0, 0.1) is 11.3 Å². The van der Waals surface area contributed by atoms with E-state index in [1.807, 2.05) is 0 Å². The first-order valence-electron chi connectivity index (χ1n) is 3.60. The van der Waals surface area contributed by atoms with Gasteiger partial charge in [-0.25, -0.2) is 22.2 Å². The molecule has 1 rings (SSSR count). The first-order chi connectivity index (χ1) is 7.29. The Hall–Kier alpha value is -0.970. The van der Waals surface area contributed by atoms with Gasteiger partial charge in [-0.15, -0.1) is 0 Å². The molecule has 0 saturated heterocycles. The number of alkyl halides is 2. The summed E-state index contributed by atoms with van der Waals surface area (Å²) >= 11 is 5.35. The second-order valence-electron chi connectivity index (χ2n) is 2.55. The van der Waals surface area contributed by atoms with Crippen LogP contribution < -0.4 is 0 Å². The molecule has 1 heterocycles. The van der Waals surface area contributed by atoms with Crippen LogP contribution in [0.15, 0.2) is 11.1 Å². The number of hydrogen-bond acceptors (Lipinski definition) is 4. The van der Waals surface area contributed by atoms with Crippen molar-refractivity contribution in [3.8, 4) is 6.07 Å². The molecule has 0 radical (unpaired) electrons. The van der Waals surface area contributed by atoms with E-state index in [0.717, 1.165) is 0 Å². The van der Waals surface area contributed by atoms with Crippen molar-refractivity contribution in [3.63, 3.8) is 0 Å². The molecule has 0 spiro atoms. The largest absolute Gasteiger partial charge is 0.268 e. The lowest BCUT2D eigenvalue weighted by Gasteiger charge is -2.07. The van der Waals surface area contributed by atoms with Crippen LogP contribution >= 0.6 is 22.3 Å². The molecule has 16 heavy (non-hydrogen) atoms. The smallest absolute Gasteiger partial charge is 0.243 e. The third-order valence-corrected chi connectivity index (χ3v) is 3.26. The molecule has 0 fully saturated rings. The molecule has 0 aliphatic heterocycles. The van der Waals surface area contributed by atoms with Crippen LogP contribution in [-0.2, 0) is 9.05 Å². The summed E-state index contributed by atoms with van der Waals surface area (Å²) in [7, 11) is 0.641. The molecule has 86 valence electrons. The quantitative estimate of drug-likeness (QED) is 0.618. The Morgan fingerprint density at radius 2 is 2.06 bits per heavy atom. The highest BCUT2D eigenvalue weighted by Gasteiger charge is 2.26. The standard InChI is InChI=1S/C7H2Cl2F2N2O2S/c8-6-5(7(10)11)3(1-12)4(2-13-6)16(9,14)15/h2,7H. The first kappa shape index (κ1) is 13.1. The summed E-state index contributed by atoms with van der Waals surface area (Å²) < 4.78 is 47.0. The molecule has 0 bridgehead atoms. The Morgan fingerprint density at radius 1 is 1.50 bits per heavy atom. The molecule has 1 aromatic heterocycles. The minimum Gasteiger partial charge on any atom is -0.243 e. The van der Waals surface area contributed by atoms with Gasteiger partial charge in [-0.2, -0.15) is 5.26 Å². The number of rotatable bonds is 2. The van der Waals surface area contributed by atoms with Crippen molar-refractivity contribution in [1.82, 2.24) is 4.98 Å². The van der Waals surface area contributed by atoms with Gasteiger partial charge in [0.2, 0.25) is 0 Å². The van der Waals surface area contributed by atoms with Crippen LogP contribution in [0.5, 0.6) is 0 Å². The van der Waals surface area contributed by atoms with Crippen LogP contribution in [-0.4, -0.2) is 13.4 Å². The molecule has 9 heteroatoms. The maximum Gasteiger partial charge on any atom is 0.268 e. The van der Waals surface area contributed by atoms with Crippen LogP contribution in [0.3, 0.4) is 0 Å². The third-order valence-electron chi connectivity index (χ3n) is 1.63. The first-order valence-corrected chi connectivity index (χ1v) is 6.29. The second-order valence-corrected chi connectivity index (χ2v) is 5.44. The van der Waals surface area contributed by atoms with Crippen LogP contribution in [0.25, 0.3) is 0 Å². The van der Waals surface area contributed by atoms with E-state index < -0.39 is 36.7 Å². The summed E-state index contributed by atoms with van der Waals surface area (Å²) in [6, 6.07) is 1.32. The summed E-state index contributed by atoms with van der Waals surface area (Å²) in [6.07, 6.45) is -2.46. The number of halogens is 4. The van der Waals surface area contributed by atoms with Gasteiger partial charge in [0.25, 0.3) is 15.5 Å². The average molecular weight is 287 g/mol. The molecule has 0 aromatic carbocycles. The van der Waals surface area contributed by atoms with E-state index in [9.17, 15) is 17.2 Å². The number of nitrogens with zero attached hydrogens (tertiary/aromatic N) is 2. The van der Waals surface area contributed by atoms with Crippen molar-refractivity contribution in [2.75, 3.05) is 0 Å². The minimum atomic E-state index is -4.32. The Bertz CT molecular complexity index is 568. The molecule has 0 unspecified atom stereocenters. The zero-order valence-electron chi connectivity index (χ0n) is 7.29. The fourth-order valence-electron chi connectivity index (χ4n) is 0.985. The molecular weight excluding hydrogens is 285 g/mol. The maximum absolute atomic E-state index is 12.5. The molecule has 0 aliphatic carbocycles. The van der Waals surface area contributed by atoms with Crippen molar-refractivity contribution in [1.29, 1.82) is 5.26 Å². The fourth-order valence-corrected chi connectivity index (χ4v) is 2.14. The summed E-state index contributed by atoms with van der Waals surface area (Å²) in [5.74, 6) is 0. The number of nitriles is 1. The highest BCUT2D eigenvalue weighted by molar-refractivity contribution is 8.13. The minimum absolute atomic E-state index is 0.629. The monoisotopic (exact) mass is 286 g/mol. The van der Waals surface area contributed by atoms with Gasteiger partial charge >= 0.3 is 0 Å². The zero-order valence-corrected chi connectivity index (χ0v) is 9.61. The molecule has 4 nitrogen and oxygen atoms in total. The lowest BCUT2D eigenvalue weighted by atomic mass is 10.1. The van der Waals surface area contributed by atoms with Gasteiger partial charge < -0.3 is 0 Å². The van der Waals surface area contributed by atoms with Gasteiger partial charge in [0.15, 0.2) is 0 Å². The van der Waals surface area contributed by atoms with Crippen LogP contribution in [0.2, 0.25) is 5.15 Å². The second kappa shape index (κ2) is 4.49. The van der Waals surface area contributed by atoms with E-state index in [2.05, 4.69) is 4.98 Å². The van der Waals surface area contributed by atoms with Crippen molar-refractivity contribution in [2.24, 2.45) is 0 Å². The normalized spacial score (nSPS) is 11.5. The molecule has 0 aliphatic rings. The van der Waals surface area contributed by atoms with Gasteiger partial charge in [-0.05, 0) is 0 Å². The topological polar surface area (TPSA) is 70.8 Å². The predicted octanol–water partition coefficient (Wildman–Crippen LogP) is 2.47. The zero-order chi connectivity index (χ0) is 12.5. The molecule has 0 amide bonds. The van der Waals surface area contributed by atoms with Gasteiger partial charge in [-0.3, -0.25) is 0 Å². The number of hydrogen-bond donors (Lipinski definition) is 0. The Morgan fingerprint density at radius 3 is 2.44 bits per heavy atom. The highest BCUT2D eigenvalue weighted by atomic mass is 35.7. The predicted molar refractivity (Wildman–Crippen MR) is 52.0 cm³/mol. The van der Waals surface area contributed by atoms with Gasteiger partial charge in [0, 0.05) is 16.9 Å². The van der Waals surface area contributed by atoms with Crippen LogP contribution in [0.4, 0.5) is 8.78 Å². The lowest BCUT2D eigenvalue weighted by molar-refractivity contribution is 0.150. The van der Waals surface area contributed by atoms with E-state index in [0.29, 0.717) is 6.20 Å². The highest BCUT2D eigenvalue weighted by Crippen LogP contribution is 2.32. The summed E-state index contributed by atoms with van der Waals surface area (Å²) in [6.45, 7) is 0. The van der Waals surface area contributed by atoms with E-state index in [1.165, 1.54) is 6.07 Å². The van der Waals surface area contributed by atoms with Crippen molar-refractivity contribution < 1.29 is 17.2 Å². The third kappa shape index (κ3) is 2.40. The van der Waals surface area contributed by atoms with Gasteiger partial charge in [-0.1, -0.05) is 11.6 Å². The van der Waals surface area contributed by atoms with Crippen LogP contribution in [0.1, 0.15) is 17.6 Å². The van der Waals surface area contributed by atoms with E-state index in [4.69, 9.17) is 27.5 Å². The molecule has 1 aromatic rings. The Labute approximate surface area is 98.8 Å². The summed E-state index contributed by atoms with van der Waals surface area (Å²) in [5.41, 5.74) is -1.73. The van der Waals surface area contributed by atoms with E-state index >= 15 is 0 Å². The average Bonchev–Trinajstić information content (AvgIpc) is 2.14. The molecule has 0 atom stereocenters. The lowest BCUT2D eigenvalue weighted by Crippen LogP contribution is -2.03. The molecular formula is C7H2Cl2F2N2O2S. The van der Waals surface area contributed by atoms with Gasteiger partial charge in [0.05, 0.1) is 11.1 Å². The fraction of sp³-hybridized carbons (Fsp3) is 0.143. The molecule has 0 N–H and O–H groups in total. The number of pyridine rings is 1. The molecule has 0 saturated carbocycles. The Balaban J connectivity index is 3.72. The maximum atomic E-state index is 12.5.